The number of alkyl halides is 5. The molecule has 0 aliphatic carbocycles. The van der Waals surface area contributed by atoms with Crippen LogP contribution in [-0.2, 0) is 11.2 Å². The molecule has 9 heteroatoms. The van der Waals surface area contributed by atoms with Crippen LogP contribution in [-0.4, -0.2) is 24.0 Å². The number of aliphatic carboxylic acids is 1. The van der Waals surface area contributed by atoms with Gasteiger partial charge in [0.25, 0.3) is 0 Å². The van der Waals surface area contributed by atoms with E-state index in [1.165, 1.54) is 0 Å². The van der Waals surface area contributed by atoms with Crippen molar-refractivity contribution in [2.45, 2.75) is 25.8 Å². The smallest absolute Gasteiger partial charge is 0.481 e. The SMILES string of the molecule is O=C(O)CCc1cc(OC(F)(F)F)ccc1OC(F)F. The van der Waals surface area contributed by atoms with Crippen molar-refractivity contribution in [2.24, 2.45) is 0 Å². The minimum Gasteiger partial charge on any atom is -0.481 e. The summed E-state index contributed by atoms with van der Waals surface area (Å²) in [4.78, 5) is 10.4. The highest BCUT2D eigenvalue weighted by Gasteiger charge is 2.31. The topological polar surface area (TPSA) is 55.8 Å². The quantitative estimate of drug-likeness (QED) is 0.820. The molecule has 0 aliphatic rings. The lowest BCUT2D eigenvalue weighted by molar-refractivity contribution is -0.274. The predicted molar refractivity (Wildman–Crippen MR) is 55.7 cm³/mol. The molecule has 0 unspecified atom stereocenters. The van der Waals surface area contributed by atoms with Gasteiger partial charge in [0.2, 0.25) is 0 Å². The number of ether oxygens (including phenoxy) is 2. The van der Waals surface area contributed by atoms with Crippen molar-refractivity contribution in [3.05, 3.63) is 23.8 Å². The van der Waals surface area contributed by atoms with E-state index in [0.29, 0.717) is 0 Å². The number of benzene rings is 1. The van der Waals surface area contributed by atoms with Gasteiger partial charge in [-0.1, -0.05) is 0 Å². The maximum absolute atomic E-state index is 12.1. The molecule has 1 N–H and O–H groups in total. The first kappa shape index (κ1) is 16.0. The van der Waals surface area contributed by atoms with Gasteiger partial charge in [0, 0.05) is 6.42 Å². The van der Waals surface area contributed by atoms with Gasteiger partial charge in [-0.05, 0) is 30.2 Å². The van der Waals surface area contributed by atoms with Crippen molar-refractivity contribution < 1.29 is 41.3 Å². The lowest BCUT2D eigenvalue weighted by atomic mass is 10.1. The highest BCUT2D eigenvalue weighted by atomic mass is 19.4. The third kappa shape index (κ3) is 5.72. The Morgan fingerprint density at radius 2 is 1.95 bits per heavy atom. The largest absolute Gasteiger partial charge is 0.573 e. The molecule has 0 saturated carbocycles. The first-order valence-corrected chi connectivity index (χ1v) is 5.22. The number of rotatable bonds is 6. The molecular weight excluding hydrogens is 291 g/mol. The van der Waals surface area contributed by atoms with Crippen molar-refractivity contribution >= 4 is 5.97 Å². The van der Waals surface area contributed by atoms with Crippen molar-refractivity contribution in [1.29, 1.82) is 0 Å². The van der Waals surface area contributed by atoms with Crippen LogP contribution in [0.25, 0.3) is 0 Å². The molecule has 4 nitrogen and oxygen atoms in total. The van der Waals surface area contributed by atoms with Crippen LogP contribution in [0.5, 0.6) is 11.5 Å². The summed E-state index contributed by atoms with van der Waals surface area (Å²) in [5.41, 5.74) is -0.116. The fourth-order valence-corrected chi connectivity index (χ4v) is 1.40. The van der Waals surface area contributed by atoms with E-state index in [4.69, 9.17) is 5.11 Å². The number of carboxylic acids is 1. The fourth-order valence-electron chi connectivity index (χ4n) is 1.40. The Balaban J connectivity index is 2.97. The minimum atomic E-state index is -4.94. The number of hydrogen-bond acceptors (Lipinski definition) is 3. The van der Waals surface area contributed by atoms with E-state index in [1.54, 1.807) is 0 Å². The fraction of sp³-hybridized carbons (Fsp3) is 0.364. The molecular formula is C11H9F5O4. The molecule has 0 saturated heterocycles. The van der Waals surface area contributed by atoms with E-state index in [-0.39, 0.29) is 12.0 Å². The zero-order valence-electron chi connectivity index (χ0n) is 9.79. The normalized spacial score (nSPS) is 11.5. The molecule has 20 heavy (non-hydrogen) atoms. The molecule has 1 aromatic carbocycles. The highest BCUT2D eigenvalue weighted by Crippen LogP contribution is 2.30. The van der Waals surface area contributed by atoms with Crippen LogP contribution in [0.4, 0.5) is 22.0 Å². The zero-order chi connectivity index (χ0) is 15.3. The van der Waals surface area contributed by atoms with Crippen LogP contribution in [0, 0.1) is 0 Å². The molecule has 1 aromatic rings. The number of aryl methyl sites for hydroxylation is 1. The van der Waals surface area contributed by atoms with Gasteiger partial charge >= 0.3 is 18.9 Å². The number of hydrogen-bond donors (Lipinski definition) is 1. The summed E-state index contributed by atoms with van der Waals surface area (Å²) in [6.07, 6.45) is -5.66. The van der Waals surface area contributed by atoms with Gasteiger partial charge in [0.05, 0.1) is 0 Å². The van der Waals surface area contributed by atoms with E-state index in [2.05, 4.69) is 9.47 Å². The summed E-state index contributed by atoms with van der Waals surface area (Å²) in [6, 6.07) is 2.48. The monoisotopic (exact) mass is 300 g/mol. The summed E-state index contributed by atoms with van der Waals surface area (Å²) in [6.45, 7) is -3.17. The molecule has 0 heterocycles. The van der Waals surface area contributed by atoms with Crippen molar-refractivity contribution in [3.63, 3.8) is 0 Å². The second-order valence-electron chi connectivity index (χ2n) is 3.59. The van der Waals surface area contributed by atoms with Gasteiger partial charge in [0.1, 0.15) is 11.5 Å². The maximum Gasteiger partial charge on any atom is 0.573 e. The number of halogens is 5. The van der Waals surface area contributed by atoms with Gasteiger partial charge < -0.3 is 14.6 Å². The van der Waals surface area contributed by atoms with Crippen molar-refractivity contribution in [1.82, 2.24) is 0 Å². The predicted octanol–water partition coefficient (Wildman–Crippen LogP) is 3.20. The summed E-state index contributed by atoms with van der Waals surface area (Å²) in [7, 11) is 0. The van der Waals surface area contributed by atoms with Crippen LogP contribution < -0.4 is 9.47 Å². The Morgan fingerprint density at radius 1 is 1.30 bits per heavy atom. The van der Waals surface area contributed by atoms with Crippen molar-refractivity contribution in [3.8, 4) is 11.5 Å². The van der Waals surface area contributed by atoms with Crippen LogP contribution in [0.3, 0.4) is 0 Å². The first-order valence-electron chi connectivity index (χ1n) is 5.22. The molecule has 112 valence electrons. The van der Waals surface area contributed by atoms with Gasteiger partial charge in [-0.15, -0.1) is 13.2 Å². The third-order valence-electron chi connectivity index (χ3n) is 2.09. The Morgan fingerprint density at radius 3 is 2.45 bits per heavy atom. The van der Waals surface area contributed by atoms with E-state index in [1.807, 2.05) is 0 Å². The second kappa shape index (κ2) is 6.40. The number of carboxylic acid groups (broad SMARTS) is 1. The zero-order valence-corrected chi connectivity index (χ0v) is 9.79. The molecule has 0 radical (unpaired) electrons. The maximum atomic E-state index is 12.1. The van der Waals surface area contributed by atoms with E-state index in [0.717, 1.165) is 18.2 Å². The number of carbonyl (C=O) groups is 1. The van der Waals surface area contributed by atoms with Crippen molar-refractivity contribution in [2.75, 3.05) is 0 Å². The van der Waals surface area contributed by atoms with Gasteiger partial charge in [-0.25, -0.2) is 0 Å². The van der Waals surface area contributed by atoms with E-state index < -0.39 is 36.9 Å². The van der Waals surface area contributed by atoms with Crippen LogP contribution >= 0.6 is 0 Å². The molecule has 0 atom stereocenters. The molecule has 1 rings (SSSR count). The molecule has 0 bridgehead atoms. The Kier molecular flexibility index (Phi) is 5.12. The molecule has 0 spiro atoms. The Labute approximate surface area is 109 Å². The summed E-state index contributed by atoms with van der Waals surface area (Å²) in [5.74, 6) is -2.26. The molecule has 0 aromatic heterocycles. The molecule has 0 amide bonds. The lowest BCUT2D eigenvalue weighted by Gasteiger charge is -2.13. The summed E-state index contributed by atoms with van der Waals surface area (Å²) < 4.78 is 68.1. The first-order chi connectivity index (χ1) is 9.17. The average molecular weight is 300 g/mol. The minimum absolute atomic E-state index is 0.116. The second-order valence-corrected chi connectivity index (χ2v) is 3.59. The summed E-state index contributed by atoms with van der Waals surface area (Å²) in [5, 5.41) is 8.50. The average Bonchev–Trinajstić information content (AvgIpc) is 2.26. The summed E-state index contributed by atoms with van der Waals surface area (Å²) >= 11 is 0. The standard InChI is InChI=1S/C11H9F5O4/c12-10(13)19-8-3-2-7(20-11(14,15)16)5-6(8)1-4-9(17)18/h2-3,5,10H,1,4H2,(H,17,18). The van der Waals surface area contributed by atoms with Gasteiger partial charge in [0.15, 0.2) is 0 Å². The molecule has 0 aliphatic heterocycles. The van der Waals surface area contributed by atoms with Gasteiger partial charge in [-0.3, -0.25) is 4.79 Å². The lowest BCUT2D eigenvalue weighted by Crippen LogP contribution is -2.17. The highest BCUT2D eigenvalue weighted by molar-refractivity contribution is 5.67. The van der Waals surface area contributed by atoms with E-state index in [9.17, 15) is 26.7 Å². The van der Waals surface area contributed by atoms with Crippen LogP contribution in [0.1, 0.15) is 12.0 Å². The molecule has 0 fully saturated rings. The van der Waals surface area contributed by atoms with Crippen LogP contribution in [0.2, 0.25) is 0 Å². The Hall–Kier alpha value is -2.06. The van der Waals surface area contributed by atoms with Gasteiger partial charge in [-0.2, -0.15) is 8.78 Å². The van der Waals surface area contributed by atoms with E-state index >= 15 is 0 Å². The van der Waals surface area contributed by atoms with Crippen LogP contribution in [0.15, 0.2) is 18.2 Å². The third-order valence-corrected chi connectivity index (χ3v) is 2.09. The Bertz CT molecular complexity index is 472.